The molecule has 126 valence electrons. The van der Waals surface area contributed by atoms with Gasteiger partial charge in [0.1, 0.15) is 13.5 Å². The highest BCUT2D eigenvalue weighted by molar-refractivity contribution is 5.81. The minimum absolute atomic E-state index is 0.0581. The van der Waals surface area contributed by atoms with Crippen molar-refractivity contribution in [3.63, 3.8) is 0 Å². The van der Waals surface area contributed by atoms with Crippen molar-refractivity contribution in [2.24, 2.45) is 0 Å². The molecule has 0 saturated carbocycles. The van der Waals surface area contributed by atoms with Crippen molar-refractivity contribution < 1.29 is 33.0 Å². The first-order valence-electron chi connectivity index (χ1n) is 6.78. The van der Waals surface area contributed by atoms with Gasteiger partial charge in [-0.2, -0.15) is 4.48 Å². The van der Waals surface area contributed by atoms with Crippen molar-refractivity contribution in [2.45, 2.75) is 12.3 Å². The second-order valence-electron chi connectivity index (χ2n) is 5.24. The van der Waals surface area contributed by atoms with Crippen molar-refractivity contribution in [3.8, 4) is 0 Å². The molecule has 10 nitrogen and oxygen atoms in total. The molecular weight excluding hydrogens is 296 g/mol. The van der Waals surface area contributed by atoms with Gasteiger partial charge in [-0.05, 0) is 0 Å². The number of amides is 4. The number of methoxy groups -OCH3 is 4. The summed E-state index contributed by atoms with van der Waals surface area (Å²) in [6.45, 7) is 0.285. The van der Waals surface area contributed by atoms with Gasteiger partial charge in [0, 0.05) is 28.4 Å². The van der Waals surface area contributed by atoms with Crippen LogP contribution in [0.25, 0.3) is 0 Å². The highest BCUT2D eigenvalue weighted by Crippen LogP contribution is 2.35. The van der Waals surface area contributed by atoms with Gasteiger partial charge >= 0.3 is 12.1 Å². The predicted molar refractivity (Wildman–Crippen MR) is 72.9 cm³/mol. The maximum Gasteiger partial charge on any atom is 0.424 e. The molecule has 1 N–H and O–H groups in total. The van der Waals surface area contributed by atoms with E-state index in [0.29, 0.717) is 0 Å². The van der Waals surface area contributed by atoms with Crippen LogP contribution in [0.5, 0.6) is 0 Å². The zero-order chi connectivity index (χ0) is 16.3. The number of fused-ring (bicyclic) bond motifs is 1. The standard InChI is InChI=1S/C12H22N4O6/c1-19-5-14-9-10(15(6-20-2)12(14)18)16(7-21-3,8-22-4)11(17)13-9/h9-10H,5-8H2,1-4H3/p+1. The molecule has 4 amide bonds. The molecule has 2 rings (SSSR count). The van der Waals surface area contributed by atoms with Gasteiger partial charge in [-0.25, -0.2) is 14.5 Å². The fourth-order valence-electron chi connectivity index (χ4n) is 3.11. The number of ether oxygens (including phenoxy) is 4. The van der Waals surface area contributed by atoms with E-state index < -0.39 is 12.3 Å². The van der Waals surface area contributed by atoms with Gasteiger partial charge in [-0.1, -0.05) is 0 Å². The van der Waals surface area contributed by atoms with Gasteiger partial charge < -0.3 is 18.9 Å². The Labute approximate surface area is 129 Å². The van der Waals surface area contributed by atoms with Crippen molar-refractivity contribution in [1.29, 1.82) is 0 Å². The summed E-state index contributed by atoms with van der Waals surface area (Å²) in [4.78, 5) is 28.0. The third-order valence-electron chi connectivity index (χ3n) is 3.87. The number of nitrogens with one attached hydrogen (secondary N) is 1. The van der Waals surface area contributed by atoms with Gasteiger partial charge in [0.25, 0.3) is 0 Å². The number of hydrogen-bond donors (Lipinski definition) is 1. The van der Waals surface area contributed by atoms with E-state index in [-0.39, 0.29) is 43.5 Å². The summed E-state index contributed by atoms with van der Waals surface area (Å²) in [5, 5.41) is 2.83. The smallest absolute Gasteiger partial charge is 0.364 e. The lowest BCUT2D eigenvalue weighted by molar-refractivity contribution is -0.913. The van der Waals surface area contributed by atoms with Gasteiger partial charge in [0.15, 0.2) is 19.6 Å². The molecule has 2 saturated heterocycles. The van der Waals surface area contributed by atoms with Crippen LogP contribution >= 0.6 is 0 Å². The quantitative estimate of drug-likeness (QED) is 0.597. The molecule has 2 aliphatic rings. The van der Waals surface area contributed by atoms with E-state index in [2.05, 4.69) is 5.32 Å². The Kier molecular flexibility index (Phi) is 5.19. The molecule has 10 heteroatoms. The summed E-state index contributed by atoms with van der Waals surface area (Å²) in [6.07, 6.45) is -1.05. The summed E-state index contributed by atoms with van der Waals surface area (Å²) in [5.41, 5.74) is 0. The number of quaternary nitrogens is 1. The molecule has 0 spiro atoms. The number of nitrogens with zero attached hydrogens (tertiary/aromatic N) is 3. The summed E-state index contributed by atoms with van der Waals surface area (Å²) in [6, 6.07) is -0.540. The van der Waals surface area contributed by atoms with E-state index in [4.69, 9.17) is 18.9 Å². The first kappa shape index (κ1) is 16.9. The van der Waals surface area contributed by atoms with Crippen LogP contribution in [0.1, 0.15) is 0 Å². The number of urea groups is 2. The van der Waals surface area contributed by atoms with Crippen LogP contribution in [-0.4, -0.2) is 94.0 Å². The average molecular weight is 319 g/mol. The van der Waals surface area contributed by atoms with E-state index >= 15 is 0 Å². The number of rotatable bonds is 8. The number of carbonyl (C=O) groups excluding carboxylic acids is 2. The molecule has 0 bridgehead atoms. The van der Waals surface area contributed by atoms with Crippen LogP contribution in [0.3, 0.4) is 0 Å². The van der Waals surface area contributed by atoms with Crippen LogP contribution in [0.15, 0.2) is 0 Å². The molecule has 22 heavy (non-hydrogen) atoms. The Morgan fingerprint density at radius 3 is 2.00 bits per heavy atom. The van der Waals surface area contributed by atoms with Crippen molar-refractivity contribution >= 4 is 12.1 Å². The molecule has 2 fully saturated rings. The Balaban J connectivity index is 2.41. The molecule has 0 aliphatic carbocycles. The zero-order valence-corrected chi connectivity index (χ0v) is 13.3. The van der Waals surface area contributed by atoms with Crippen LogP contribution in [0, 0.1) is 0 Å². The SMILES string of the molecule is COCN1C(=O)N(COC)C2C1NC(=O)[N+]2(COC)COC. The second-order valence-corrected chi connectivity index (χ2v) is 5.24. The molecule has 2 unspecified atom stereocenters. The summed E-state index contributed by atoms with van der Waals surface area (Å²) in [7, 11) is 5.98. The van der Waals surface area contributed by atoms with Gasteiger partial charge in [0.2, 0.25) is 6.17 Å². The predicted octanol–water partition coefficient (Wildman–Crippen LogP) is -0.668. The summed E-state index contributed by atoms with van der Waals surface area (Å²) in [5.74, 6) is 0. The largest absolute Gasteiger partial charge is 0.424 e. The van der Waals surface area contributed by atoms with Gasteiger partial charge in [0.05, 0.1) is 0 Å². The molecular formula is C12H23N4O6+. The fraction of sp³-hybridized carbons (Fsp3) is 0.833. The number of hydrogen-bond acceptors (Lipinski definition) is 6. The Morgan fingerprint density at radius 2 is 1.50 bits per heavy atom. The molecule has 2 atom stereocenters. The van der Waals surface area contributed by atoms with E-state index in [0.717, 1.165) is 0 Å². The lowest BCUT2D eigenvalue weighted by Gasteiger charge is -2.36. The first-order chi connectivity index (χ1) is 10.6. The average Bonchev–Trinajstić information content (AvgIpc) is 2.89. The normalized spacial score (nSPS) is 26.5. The first-order valence-corrected chi connectivity index (χ1v) is 6.78. The van der Waals surface area contributed by atoms with Gasteiger partial charge in [-0.3, -0.25) is 10.2 Å². The molecule has 2 aliphatic heterocycles. The molecule has 0 aromatic rings. The Bertz CT molecular complexity index is 426. The lowest BCUT2D eigenvalue weighted by Crippen LogP contribution is -2.63. The maximum atomic E-state index is 12.6. The maximum absolute atomic E-state index is 12.6. The summed E-state index contributed by atoms with van der Waals surface area (Å²) < 4.78 is 20.4. The highest BCUT2D eigenvalue weighted by atomic mass is 16.5. The third-order valence-corrected chi connectivity index (χ3v) is 3.87. The minimum atomic E-state index is -0.527. The molecule has 2 heterocycles. The van der Waals surface area contributed by atoms with E-state index in [1.54, 1.807) is 0 Å². The van der Waals surface area contributed by atoms with E-state index in [1.807, 2.05) is 0 Å². The molecule has 0 aromatic carbocycles. The van der Waals surface area contributed by atoms with Crippen molar-refractivity contribution in [2.75, 3.05) is 55.4 Å². The monoisotopic (exact) mass is 319 g/mol. The highest BCUT2D eigenvalue weighted by Gasteiger charge is 2.66. The van der Waals surface area contributed by atoms with Crippen LogP contribution < -0.4 is 5.32 Å². The fourth-order valence-corrected chi connectivity index (χ4v) is 3.11. The van der Waals surface area contributed by atoms with E-state index in [1.165, 1.54) is 38.2 Å². The molecule has 0 radical (unpaired) electrons. The van der Waals surface area contributed by atoms with E-state index in [9.17, 15) is 9.59 Å². The van der Waals surface area contributed by atoms with Crippen molar-refractivity contribution in [1.82, 2.24) is 15.1 Å². The Hall–Kier alpha value is -1.46. The van der Waals surface area contributed by atoms with Crippen LogP contribution in [-0.2, 0) is 18.9 Å². The molecule has 0 aromatic heterocycles. The number of carbonyl (C=O) groups is 2. The zero-order valence-electron chi connectivity index (χ0n) is 13.3. The summed E-state index contributed by atoms with van der Waals surface area (Å²) >= 11 is 0. The van der Waals surface area contributed by atoms with Crippen LogP contribution in [0.4, 0.5) is 9.59 Å². The lowest BCUT2D eigenvalue weighted by atomic mass is 10.3. The van der Waals surface area contributed by atoms with Crippen LogP contribution in [0.2, 0.25) is 0 Å². The third kappa shape index (κ3) is 2.42. The van der Waals surface area contributed by atoms with Crippen molar-refractivity contribution in [3.05, 3.63) is 0 Å². The van der Waals surface area contributed by atoms with Gasteiger partial charge in [-0.15, -0.1) is 0 Å². The Morgan fingerprint density at radius 1 is 0.955 bits per heavy atom. The second kappa shape index (κ2) is 6.75. The minimum Gasteiger partial charge on any atom is -0.364 e. The topological polar surface area (TPSA) is 89.6 Å².